The molecule has 7 heteroatoms. The van der Waals surface area contributed by atoms with Crippen molar-refractivity contribution in [3.05, 3.63) is 54.4 Å². The van der Waals surface area contributed by atoms with Crippen LogP contribution in [0.1, 0.15) is 12.5 Å². The van der Waals surface area contributed by atoms with Gasteiger partial charge in [0.1, 0.15) is 6.04 Å². The standard InChI is InChI=1S/C18H18N4O3/c1-12(18(25)22-10-8-13-5-2-3-7-15(13)22)20-16(23)17(24)21-14-6-4-9-19-11-14/h2-7,9,11-12H,8,10H2,1H3,(H,20,23)(H,21,24). The van der Waals surface area contributed by atoms with Crippen LogP contribution in [0.2, 0.25) is 0 Å². The van der Waals surface area contributed by atoms with Gasteiger partial charge in [0, 0.05) is 18.4 Å². The van der Waals surface area contributed by atoms with Gasteiger partial charge in [-0.2, -0.15) is 0 Å². The molecule has 1 aliphatic rings. The number of pyridine rings is 1. The summed E-state index contributed by atoms with van der Waals surface area (Å²) in [7, 11) is 0. The Morgan fingerprint density at radius 3 is 2.68 bits per heavy atom. The molecule has 0 bridgehead atoms. The molecule has 0 radical (unpaired) electrons. The lowest BCUT2D eigenvalue weighted by molar-refractivity contribution is -0.137. The molecule has 0 spiro atoms. The van der Waals surface area contributed by atoms with Crippen LogP contribution in [0.5, 0.6) is 0 Å². The zero-order chi connectivity index (χ0) is 17.8. The second kappa shape index (κ2) is 7.12. The van der Waals surface area contributed by atoms with Crippen molar-refractivity contribution in [3.63, 3.8) is 0 Å². The van der Waals surface area contributed by atoms with Gasteiger partial charge < -0.3 is 15.5 Å². The maximum atomic E-state index is 12.6. The van der Waals surface area contributed by atoms with E-state index in [1.165, 1.54) is 6.20 Å². The van der Waals surface area contributed by atoms with E-state index in [0.29, 0.717) is 12.2 Å². The van der Waals surface area contributed by atoms with Gasteiger partial charge in [0.2, 0.25) is 5.91 Å². The molecular weight excluding hydrogens is 320 g/mol. The highest BCUT2D eigenvalue weighted by Crippen LogP contribution is 2.27. The van der Waals surface area contributed by atoms with E-state index < -0.39 is 17.9 Å². The average molecular weight is 338 g/mol. The summed E-state index contributed by atoms with van der Waals surface area (Å²) in [6.07, 6.45) is 3.77. The van der Waals surface area contributed by atoms with Gasteiger partial charge in [0.25, 0.3) is 0 Å². The van der Waals surface area contributed by atoms with E-state index in [9.17, 15) is 14.4 Å². The fourth-order valence-corrected chi connectivity index (χ4v) is 2.75. The first kappa shape index (κ1) is 16.6. The van der Waals surface area contributed by atoms with Crippen LogP contribution in [-0.2, 0) is 20.8 Å². The molecule has 7 nitrogen and oxygen atoms in total. The number of para-hydroxylation sites is 1. The Kier molecular flexibility index (Phi) is 4.74. The number of fused-ring (bicyclic) bond motifs is 1. The molecule has 25 heavy (non-hydrogen) atoms. The van der Waals surface area contributed by atoms with Gasteiger partial charge in [0.15, 0.2) is 0 Å². The van der Waals surface area contributed by atoms with E-state index in [-0.39, 0.29) is 5.91 Å². The number of anilines is 2. The monoisotopic (exact) mass is 338 g/mol. The number of carbonyl (C=O) groups excluding carboxylic acids is 3. The van der Waals surface area contributed by atoms with E-state index in [4.69, 9.17) is 0 Å². The third kappa shape index (κ3) is 3.65. The Hall–Kier alpha value is -3.22. The molecule has 2 heterocycles. The fourth-order valence-electron chi connectivity index (χ4n) is 2.75. The number of amides is 3. The Balaban J connectivity index is 1.60. The van der Waals surface area contributed by atoms with E-state index in [1.54, 1.807) is 30.2 Å². The fraction of sp³-hybridized carbons (Fsp3) is 0.222. The maximum absolute atomic E-state index is 12.6. The number of hydrogen-bond acceptors (Lipinski definition) is 4. The summed E-state index contributed by atoms with van der Waals surface area (Å²) in [4.78, 5) is 42.0. The molecule has 0 fully saturated rings. The second-order valence-corrected chi connectivity index (χ2v) is 5.76. The van der Waals surface area contributed by atoms with Crippen molar-refractivity contribution in [1.82, 2.24) is 10.3 Å². The average Bonchev–Trinajstić information content (AvgIpc) is 3.05. The normalized spacial score (nSPS) is 13.7. The number of carbonyl (C=O) groups is 3. The molecule has 2 aromatic rings. The summed E-state index contributed by atoms with van der Waals surface area (Å²) >= 11 is 0. The van der Waals surface area contributed by atoms with Gasteiger partial charge in [-0.15, -0.1) is 0 Å². The molecule has 128 valence electrons. The number of nitrogens with one attached hydrogen (secondary N) is 2. The van der Waals surface area contributed by atoms with Crippen LogP contribution in [0.4, 0.5) is 11.4 Å². The molecule has 1 atom stereocenters. The van der Waals surface area contributed by atoms with E-state index in [1.807, 2.05) is 24.3 Å². The zero-order valence-electron chi connectivity index (χ0n) is 13.7. The van der Waals surface area contributed by atoms with Crippen molar-refractivity contribution >= 4 is 29.1 Å². The molecular formula is C18H18N4O3. The van der Waals surface area contributed by atoms with Gasteiger partial charge in [-0.05, 0) is 37.1 Å². The third-order valence-corrected chi connectivity index (χ3v) is 4.00. The summed E-state index contributed by atoms with van der Waals surface area (Å²) < 4.78 is 0. The lowest BCUT2D eigenvalue weighted by atomic mass is 10.2. The SMILES string of the molecule is CC(NC(=O)C(=O)Nc1cccnc1)C(=O)N1CCc2ccccc21. The van der Waals surface area contributed by atoms with Gasteiger partial charge in [-0.1, -0.05) is 18.2 Å². The van der Waals surface area contributed by atoms with Crippen molar-refractivity contribution in [2.75, 3.05) is 16.8 Å². The summed E-state index contributed by atoms with van der Waals surface area (Å²) in [5.74, 6) is -1.95. The summed E-state index contributed by atoms with van der Waals surface area (Å²) in [5, 5.41) is 4.88. The Morgan fingerprint density at radius 2 is 1.92 bits per heavy atom. The quantitative estimate of drug-likeness (QED) is 0.820. The molecule has 3 rings (SSSR count). The minimum Gasteiger partial charge on any atom is -0.336 e. The van der Waals surface area contributed by atoms with Gasteiger partial charge >= 0.3 is 11.8 Å². The zero-order valence-corrected chi connectivity index (χ0v) is 13.7. The van der Waals surface area contributed by atoms with Crippen molar-refractivity contribution in [1.29, 1.82) is 0 Å². The van der Waals surface area contributed by atoms with Crippen LogP contribution < -0.4 is 15.5 Å². The molecule has 2 N–H and O–H groups in total. The first-order valence-corrected chi connectivity index (χ1v) is 7.97. The van der Waals surface area contributed by atoms with Gasteiger partial charge in [0.05, 0.1) is 11.9 Å². The van der Waals surface area contributed by atoms with Gasteiger partial charge in [-0.25, -0.2) is 0 Å². The minimum atomic E-state index is -0.864. The summed E-state index contributed by atoms with van der Waals surface area (Å²) in [5.41, 5.74) is 2.37. The van der Waals surface area contributed by atoms with E-state index >= 15 is 0 Å². The van der Waals surface area contributed by atoms with Gasteiger partial charge in [-0.3, -0.25) is 19.4 Å². The lowest BCUT2D eigenvalue weighted by Crippen LogP contribution is -2.49. The van der Waals surface area contributed by atoms with Crippen LogP contribution >= 0.6 is 0 Å². The molecule has 3 amide bonds. The molecule has 1 aromatic carbocycles. The highest BCUT2D eigenvalue weighted by atomic mass is 16.2. The van der Waals surface area contributed by atoms with Crippen LogP contribution in [0.25, 0.3) is 0 Å². The lowest BCUT2D eigenvalue weighted by Gasteiger charge is -2.22. The maximum Gasteiger partial charge on any atom is 0.313 e. The number of nitrogens with zero attached hydrogens (tertiary/aromatic N) is 2. The minimum absolute atomic E-state index is 0.243. The van der Waals surface area contributed by atoms with Crippen LogP contribution in [-0.4, -0.2) is 35.3 Å². The van der Waals surface area contributed by atoms with Crippen LogP contribution in [0.15, 0.2) is 48.8 Å². The second-order valence-electron chi connectivity index (χ2n) is 5.76. The first-order chi connectivity index (χ1) is 12.1. The largest absolute Gasteiger partial charge is 0.336 e. The van der Waals surface area contributed by atoms with E-state index in [0.717, 1.165) is 17.7 Å². The highest BCUT2D eigenvalue weighted by Gasteiger charge is 2.29. The molecule has 1 unspecified atom stereocenters. The summed E-state index contributed by atoms with van der Waals surface area (Å²) in [6.45, 7) is 2.14. The van der Waals surface area contributed by atoms with Crippen LogP contribution in [0.3, 0.4) is 0 Å². The van der Waals surface area contributed by atoms with Crippen molar-refractivity contribution < 1.29 is 14.4 Å². The molecule has 1 aliphatic heterocycles. The molecule has 0 saturated heterocycles. The number of benzene rings is 1. The van der Waals surface area contributed by atoms with E-state index in [2.05, 4.69) is 15.6 Å². The Morgan fingerprint density at radius 1 is 1.12 bits per heavy atom. The topological polar surface area (TPSA) is 91.4 Å². The van der Waals surface area contributed by atoms with Crippen LogP contribution in [0, 0.1) is 0 Å². The predicted octanol–water partition coefficient (Wildman–Crippen LogP) is 1.11. The summed E-state index contributed by atoms with van der Waals surface area (Å²) in [6, 6.07) is 10.1. The molecule has 0 aliphatic carbocycles. The Bertz CT molecular complexity index is 807. The highest BCUT2D eigenvalue weighted by molar-refractivity contribution is 6.40. The molecule has 1 aromatic heterocycles. The number of aromatic nitrogens is 1. The van der Waals surface area contributed by atoms with Crippen molar-refractivity contribution in [2.45, 2.75) is 19.4 Å². The Labute approximate surface area is 145 Å². The smallest absolute Gasteiger partial charge is 0.313 e. The first-order valence-electron chi connectivity index (χ1n) is 7.97. The third-order valence-electron chi connectivity index (χ3n) is 4.00. The molecule has 0 saturated carbocycles. The van der Waals surface area contributed by atoms with Crippen molar-refractivity contribution in [2.24, 2.45) is 0 Å². The van der Waals surface area contributed by atoms with Crippen molar-refractivity contribution in [3.8, 4) is 0 Å². The predicted molar refractivity (Wildman–Crippen MR) is 93.0 cm³/mol. The number of rotatable bonds is 3. The number of hydrogen-bond donors (Lipinski definition) is 2.